The molecule has 1 atom stereocenters. The van der Waals surface area contributed by atoms with E-state index >= 15 is 0 Å². The van der Waals surface area contributed by atoms with Crippen LogP contribution in [0.15, 0.2) is 0 Å². The monoisotopic (exact) mass is 255 g/mol. The van der Waals surface area contributed by atoms with Crippen LogP contribution in [0.5, 0.6) is 0 Å². The van der Waals surface area contributed by atoms with Crippen molar-refractivity contribution in [3.05, 3.63) is 0 Å². The van der Waals surface area contributed by atoms with Gasteiger partial charge in [0.2, 0.25) is 0 Å². The number of hydrogen-bond donors (Lipinski definition) is 2. The third kappa shape index (κ3) is 6.75. The van der Waals surface area contributed by atoms with Crippen LogP contribution in [-0.2, 0) is 0 Å². The van der Waals surface area contributed by atoms with Gasteiger partial charge in [-0.05, 0) is 26.2 Å². The van der Waals surface area contributed by atoms with Crippen LogP contribution in [0.25, 0.3) is 0 Å². The molecule has 0 bridgehead atoms. The van der Waals surface area contributed by atoms with Crippen LogP contribution in [0, 0.1) is 0 Å². The van der Waals surface area contributed by atoms with Crippen molar-refractivity contribution in [2.45, 2.75) is 96.1 Å². The van der Waals surface area contributed by atoms with Gasteiger partial charge in [0.25, 0.3) is 0 Å². The largest absolute Gasteiger partial charge is 0.389 e. The maximum atomic E-state index is 10.5. The summed E-state index contributed by atoms with van der Waals surface area (Å²) in [4.78, 5) is 0. The van der Waals surface area contributed by atoms with E-state index in [0.29, 0.717) is 6.04 Å². The molecule has 1 unspecified atom stereocenters. The molecule has 1 aliphatic carbocycles. The van der Waals surface area contributed by atoms with Gasteiger partial charge in [0.15, 0.2) is 0 Å². The quantitative estimate of drug-likeness (QED) is 0.507. The van der Waals surface area contributed by atoms with E-state index < -0.39 is 5.60 Å². The minimum absolute atomic E-state index is 0.422. The third-order valence-electron chi connectivity index (χ3n) is 4.30. The van der Waals surface area contributed by atoms with E-state index in [1.165, 1.54) is 57.8 Å². The molecule has 0 aromatic carbocycles. The van der Waals surface area contributed by atoms with E-state index in [4.69, 9.17) is 0 Å². The summed E-state index contributed by atoms with van der Waals surface area (Å²) in [6.07, 6.45) is 13.6. The number of hydrogen-bond acceptors (Lipinski definition) is 2. The van der Waals surface area contributed by atoms with Crippen LogP contribution < -0.4 is 5.32 Å². The lowest BCUT2D eigenvalue weighted by molar-refractivity contribution is 0.0229. The van der Waals surface area contributed by atoms with E-state index in [9.17, 15) is 5.11 Å². The second-order valence-corrected chi connectivity index (χ2v) is 6.27. The molecule has 0 aromatic rings. The standard InChI is InChI=1S/C16H33NO/c1-3-4-5-8-11-15(2)17-14-16(18)12-9-6-7-10-13-16/h15,17-18H,3-14H2,1-2H3. The average Bonchev–Trinajstić information content (AvgIpc) is 2.58. The van der Waals surface area contributed by atoms with Crippen LogP contribution >= 0.6 is 0 Å². The van der Waals surface area contributed by atoms with Crippen molar-refractivity contribution in [2.24, 2.45) is 0 Å². The van der Waals surface area contributed by atoms with Crippen molar-refractivity contribution in [3.63, 3.8) is 0 Å². The van der Waals surface area contributed by atoms with E-state index in [1.54, 1.807) is 0 Å². The fraction of sp³-hybridized carbons (Fsp3) is 1.00. The molecule has 0 aliphatic heterocycles. The SMILES string of the molecule is CCCCCCC(C)NCC1(O)CCCCCC1. The summed E-state index contributed by atoms with van der Waals surface area (Å²) >= 11 is 0. The predicted molar refractivity (Wildman–Crippen MR) is 78.9 cm³/mol. The number of aliphatic hydroxyl groups is 1. The lowest BCUT2D eigenvalue weighted by atomic mass is 9.94. The summed E-state index contributed by atoms with van der Waals surface area (Å²) in [6.45, 7) is 5.30. The first-order valence-corrected chi connectivity index (χ1v) is 8.12. The molecule has 0 spiro atoms. The highest BCUT2D eigenvalue weighted by Crippen LogP contribution is 2.26. The summed E-state index contributed by atoms with van der Waals surface area (Å²) < 4.78 is 0. The van der Waals surface area contributed by atoms with E-state index in [1.807, 2.05) is 0 Å². The maximum Gasteiger partial charge on any atom is 0.0771 e. The maximum absolute atomic E-state index is 10.5. The highest BCUT2D eigenvalue weighted by molar-refractivity contribution is 4.84. The summed E-state index contributed by atoms with van der Waals surface area (Å²) in [6, 6.07) is 0.550. The molecule has 108 valence electrons. The first kappa shape index (κ1) is 16.0. The Morgan fingerprint density at radius 3 is 2.33 bits per heavy atom. The molecule has 0 heterocycles. The van der Waals surface area contributed by atoms with Crippen LogP contribution in [-0.4, -0.2) is 23.3 Å². The molecule has 0 aromatic heterocycles. The Bertz CT molecular complexity index is 197. The van der Waals surface area contributed by atoms with Crippen molar-refractivity contribution in [1.82, 2.24) is 5.32 Å². The van der Waals surface area contributed by atoms with E-state index in [2.05, 4.69) is 19.2 Å². The van der Waals surface area contributed by atoms with E-state index in [-0.39, 0.29) is 0 Å². The Balaban J connectivity index is 2.13. The van der Waals surface area contributed by atoms with Crippen LogP contribution in [0.4, 0.5) is 0 Å². The zero-order valence-electron chi connectivity index (χ0n) is 12.5. The van der Waals surface area contributed by atoms with Crippen molar-refractivity contribution in [1.29, 1.82) is 0 Å². The van der Waals surface area contributed by atoms with Gasteiger partial charge in [-0.3, -0.25) is 0 Å². The number of unbranched alkanes of at least 4 members (excludes halogenated alkanes) is 3. The van der Waals surface area contributed by atoms with Gasteiger partial charge >= 0.3 is 0 Å². The van der Waals surface area contributed by atoms with Gasteiger partial charge < -0.3 is 10.4 Å². The van der Waals surface area contributed by atoms with Crippen LogP contribution in [0.1, 0.15) is 84.5 Å². The van der Waals surface area contributed by atoms with Crippen molar-refractivity contribution in [3.8, 4) is 0 Å². The topological polar surface area (TPSA) is 32.3 Å². The molecule has 1 saturated carbocycles. The van der Waals surface area contributed by atoms with Crippen molar-refractivity contribution >= 4 is 0 Å². The van der Waals surface area contributed by atoms with Crippen LogP contribution in [0.3, 0.4) is 0 Å². The van der Waals surface area contributed by atoms with Crippen molar-refractivity contribution in [2.75, 3.05) is 6.54 Å². The first-order chi connectivity index (χ1) is 8.66. The average molecular weight is 255 g/mol. The fourth-order valence-corrected chi connectivity index (χ4v) is 2.91. The molecular formula is C16H33NO. The molecule has 2 N–H and O–H groups in total. The number of nitrogens with one attached hydrogen (secondary N) is 1. The zero-order chi connectivity index (χ0) is 13.3. The molecular weight excluding hydrogens is 222 g/mol. The Morgan fingerprint density at radius 1 is 1.06 bits per heavy atom. The van der Waals surface area contributed by atoms with Gasteiger partial charge in [-0.25, -0.2) is 0 Å². The minimum Gasteiger partial charge on any atom is -0.389 e. The third-order valence-corrected chi connectivity index (χ3v) is 4.30. The highest BCUT2D eigenvalue weighted by Gasteiger charge is 2.27. The first-order valence-electron chi connectivity index (χ1n) is 8.12. The molecule has 0 radical (unpaired) electrons. The van der Waals surface area contributed by atoms with Crippen LogP contribution in [0.2, 0.25) is 0 Å². The highest BCUT2D eigenvalue weighted by atomic mass is 16.3. The van der Waals surface area contributed by atoms with Gasteiger partial charge in [0, 0.05) is 12.6 Å². The molecule has 1 rings (SSSR count). The lowest BCUT2D eigenvalue weighted by Crippen LogP contribution is -2.43. The summed E-state index contributed by atoms with van der Waals surface area (Å²) in [7, 11) is 0. The van der Waals surface area contributed by atoms with Gasteiger partial charge in [-0.1, -0.05) is 58.3 Å². The van der Waals surface area contributed by atoms with Gasteiger partial charge in [-0.2, -0.15) is 0 Å². The molecule has 0 saturated heterocycles. The normalized spacial score (nSPS) is 21.5. The van der Waals surface area contributed by atoms with E-state index in [0.717, 1.165) is 19.4 Å². The Kier molecular flexibility index (Phi) is 7.92. The number of rotatable bonds is 8. The zero-order valence-corrected chi connectivity index (χ0v) is 12.5. The van der Waals surface area contributed by atoms with Gasteiger partial charge in [-0.15, -0.1) is 0 Å². The Labute approximate surface area is 114 Å². The second kappa shape index (κ2) is 8.92. The lowest BCUT2D eigenvalue weighted by Gasteiger charge is -2.28. The molecule has 1 aliphatic rings. The molecule has 2 heteroatoms. The Hall–Kier alpha value is -0.0800. The molecule has 0 amide bonds. The smallest absolute Gasteiger partial charge is 0.0771 e. The predicted octanol–water partition coefficient (Wildman–Crippen LogP) is 4.02. The second-order valence-electron chi connectivity index (χ2n) is 6.27. The van der Waals surface area contributed by atoms with Crippen molar-refractivity contribution < 1.29 is 5.11 Å². The fourth-order valence-electron chi connectivity index (χ4n) is 2.91. The Morgan fingerprint density at radius 2 is 1.72 bits per heavy atom. The minimum atomic E-state index is -0.422. The molecule has 18 heavy (non-hydrogen) atoms. The summed E-state index contributed by atoms with van der Waals surface area (Å²) in [5, 5.41) is 14.1. The summed E-state index contributed by atoms with van der Waals surface area (Å²) in [5.41, 5.74) is -0.422. The van der Waals surface area contributed by atoms with Gasteiger partial charge in [0.05, 0.1) is 5.60 Å². The summed E-state index contributed by atoms with van der Waals surface area (Å²) in [5.74, 6) is 0. The molecule has 2 nitrogen and oxygen atoms in total. The van der Waals surface area contributed by atoms with Gasteiger partial charge in [0.1, 0.15) is 0 Å². The molecule has 1 fully saturated rings.